The van der Waals surface area contributed by atoms with Gasteiger partial charge in [-0.3, -0.25) is 13.8 Å². The van der Waals surface area contributed by atoms with Gasteiger partial charge in [0.2, 0.25) is 5.92 Å². The largest absolute Gasteiger partial charge is 0.338 e. The summed E-state index contributed by atoms with van der Waals surface area (Å²) in [5, 5.41) is 12.6. The lowest BCUT2D eigenvalue weighted by Gasteiger charge is -2.29. The Morgan fingerprint density at radius 3 is 2.66 bits per heavy atom. The number of benzene rings is 1. The summed E-state index contributed by atoms with van der Waals surface area (Å²) in [4.78, 5) is 13.6. The van der Waals surface area contributed by atoms with Gasteiger partial charge < -0.3 is 5.32 Å². The molecule has 8 nitrogen and oxygen atoms in total. The summed E-state index contributed by atoms with van der Waals surface area (Å²) < 4.78 is 49.2. The molecule has 11 heteroatoms. The van der Waals surface area contributed by atoms with E-state index in [-0.39, 0.29) is 43.5 Å². The van der Waals surface area contributed by atoms with Gasteiger partial charge in [-0.1, -0.05) is 0 Å². The van der Waals surface area contributed by atoms with E-state index < -0.39 is 17.4 Å². The average molecular weight is 486 g/mol. The molecule has 35 heavy (non-hydrogen) atoms. The second-order valence-corrected chi connectivity index (χ2v) is 9.56. The number of aromatic nitrogens is 6. The predicted octanol–water partition coefficient (Wildman–Crippen LogP) is 3.81. The summed E-state index contributed by atoms with van der Waals surface area (Å²) in [6, 6.07) is 2.99. The fourth-order valence-electron chi connectivity index (χ4n) is 5.48. The highest BCUT2D eigenvalue weighted by Crippen LogP contribution is 2.41. The lowest BCUT2D eigenvalue weighted by atomic mass is 9.92. The molecule has 1 atom stereocenters. The van der Waals surface area contributed by atoms with E-state index >= 15 is 4.39 Å². The summed E-state index contributed by atoms with van der Waals surface area (Å²) >= 11 is 0. The molecular formula is C24H26F3N7O. The maximum absolute atomic E-state index is 15.4. The number of halogens is 3. The molecule has 0 spiro atoms. The molecule has 3 aromatic heterocycles. The van der Waals surface area contributed by atoms with Crippen molar-refractivity contribution < 1.29 is 13.2 Å². The van der Waals surface area contributed by atoms with Gasteiger partial charge in [0.1, 0.15) is 5.82 Å². The van der Waals surface area contributed by atoms with Crippen molar-refractivity contribution >= 4 is 10.9 Å². The Labute approximate surface area is 199 Å². The summed E-state index contributed by atoms with van der Waals surface area (Å²) in [5.41, 5.74) is 2.05. The van der Waals surface area contributed by atoms with Gasteiger partial charge in [0, 0.05) is 56.9 Å². The minimum Gasteiger partial charge on any atom is -0.310 e. The van der Waals surface area contributed by atoms with E-state index in [2.05, 4.69) is 10.4 Å². The first-order valence-electron chi connectivity index (χ1n) is 11.9. The molecule has 184 valence electrons. The predicted molar refractivity (Wildman–Crippen MR) is 124 cm³/mol. The van der Waals surface area contributed by atoms with Crippen molar-refractivity contribution in [2.24, 2.45) is 7.05 Å². The first kappa shape index (κ1) is 22.1. The van der Waals surface area contributed by atoms with E-state index in [1.807, 2.05) is 6.92 Å². The van der Waals surface area contributed by atoms with Crippen LogP contribution < -0.4 is 11.0 Å². The van der Waals surface area contributed by atoms with Crippen LogP contribution in [0.1, 0.15) is 55.9 Å². The zero-order chi connectivity index (χ0) is 24.5. The number of aryl methyl sites for hydroxylation is 1. The standard InChI is InChI=1S/C24H26F3N7O/c1-14-20-17(7-10-28-14)30-34(15-5-8-24(26,27)9-6-15)22(20)33-12-11-32(23(33)35)19-4-3-18-16(21(19)25)13-29-31(18)2/h3-4,11-15,28H,5-10H2,1-2H3/t14-/m0/s1. The van der Waals surface area contributed by atoms with Crippen molar-refractivity contribution in [3.05, 3.63) is 58.3 Å². The van der Waals surface area contributed by atoms with E-state index in [1.54, 1.807) is 34.7 Å². The Bertz CT molecular complexity index is 1480. The maximum atomic E-state index is 15.4. The molecule has 0 amide bonds. The third-order valence-electron chi connectivity index (χ3n) is 7.38. The summed E-state index contributed by atoms with van der Waals surface area (Å²) in [7, 11) is 1.73. The molecule has 0 radical (unpaired) electrons. The number of hydrogen-bond acceptors (Lipinski definition) is 4. The number of fused-ring (bicyclic) bond motifs is 2. The fourth-order valence-corrected chi connectivity index (χ4v) is 5.48. The monoisotopic (exact) mass is 485 g/mol. The maximum Gasteiger partial charge on any atom is 0.338 e. The molecule has 1 aromatic carbocycles. The third-order valence-corrected chi connectivity index (χ3v) is 7.38. The first-order chi connectivity index (χ1) is 16.7. The van der Waals surface area contributed by atoms with Crippen molar-refractivity contribution in [1.82, 2.24) is 34.0 Å². The van der Waals surface area contributed by atoms with E-state index in [0.29, 0.717) is 23.1 Å². The highest BCUT2D eigenvalue weighted by atomic mass is 19.3. The number of nitrogens with zero attached hydrogens (tertiary/aromatic N) is 6. The van der Waals surface area contributed by atoms with Gasteiger partial charge in [-0.2, -0.15) is 10.2 Å². The molecule has 1 saturated carbocycles. The number of nitrogens with one attached hydrogen (secondary N) is 1. The van der Waals surface area contributed by atoms with Crippen molar-refractivity contribution in [3.8, 4) is 11.5 Å². The number of alkyl halides is 2. The van der Waals surface area contributed by atoms with E-state index in [1.165, 1.54) is 21.5 Å². The second-order valence-electron chi connectivity index (χ2n) is 9.56. The average Bonchev–Trinajstić information content (AvgIpc) is 3.50. The Balaban J connectivity index is 1.49. The zero-order valence-electron chi connectivity index (χ0n) is 19.5. The second kappa shape index (κ2) is 7.84. The smallest absolute Gasteiger partial charge is 0.310 e. The summed E-state index contributed by atoms with van der Waals surface area (Å²) in [5.74, 6) is -2.63. The molecule has 6 rings (SSSR count). The first-order valence-corrected chi connectivity index (χ1v) is 11.9. The highest BCUT2D eigenvalue weighted by molar-refractivity contribution is 5.81. The van der Waals surface area contributed by atoms with Crippen molar-refractivity contribution in [3.63, 3.8) is 0 Å². The molecule has 1 N–H and O–H groups in total. The van der Waals surface area contributed by atoms with Crippen LogP contribution in [0.2, 0.25) is 0 Å². The minimum absolute atomic E-state index is 0.0636. The number of rotatable bonds is 3. The summed E-state index contributed by atoms with van der Waals surface area (Å²) in [6.45, 7) is 2.75. The molecule has 4 aromatic rings. The highest BCUT2D eigenvalue weighted by Gasteiger charge is 2.38. The number of imidazole rings is 1. The number of hydrogen-bond donors (Lipinski definition) is 1. The Kier molecular flexibility index (Phi) is 4.96. The molecule has 4 heterocycles. The van der Waals surface area contributed by atoms with Crippen LogP contribution in [0.15, 0.2) is 35.5 Å². The molecule has 2 aliphatic rings. The van der Waals surface area contributed by atoms with Crippen LogP contribution >= 0.6 is 0 Å². The van der Waals surface area contributed by atoms with E-state index in [9.17, 15) is 13.6 Å². The van der Waals surface area contributed by atoms with Crippen LogP contribution in [0.5, 0.6) is 0 Å². The molecule has 1 fully saturated rings. The third kappa shape index (κ3) is 3.43. The SMILES string of the molecule is C[C@@H]1NCCc2nn(C3CCC(F)(F)CC3)c(-n3ccn(-c4ccc5c(cnn5C)c4F)c3=O)c21. The van der Waals surface area contributed by atoms with Gasteiger partial charge in [0.25, 0.3) is 0 Å². The quantitative estimate of drug-likeness (QED) is 0.479. The molecule has 0 bridgehead atoms. The van der Waals surface area contributed by atoms with Gasteiger partial charge >= 0.3 is 5.69 Å². The van der Waals surface area contributed by atoms with Crippen LogP contribution in [0.25, 0.3) is 22.4 Å². The Morgan fingerprint density at radius 2 is 1.89 bits per heavy atom. The topological polar surface area (TPSA) is 74.6 Å². The Morgan fingerprint density at radius 1 is 1.14 bits per heavy atom. The van der Waals surface area contributed by atoms with Crippen LogP contribution in [0, 0.1) is 5.82 Å². The lowest BCUT2D eigenvalue weighted by Crippen LogP contribution is -2.31. The Hall–Kier alpha value is -3.34. The minimum atomic E-state index is -2.67. The van der Waals surface area contributed by atoms with Crippen molar-refractivity contribution in [1.29, 1.82) is 0 Å². The van der Waals surface area contributed by atoms with E-state index in [0.717, 1.165) is 17.8 Å². The van der Waals surface area contributed by atoms with Gasteiger partial charge in [-0.05, 0) is 31.9 Å². The lowest BCUT2D eigenvalue weighted by molar-refractivity contribution is -0.0450. The van der Waals surface area contributed by atoms with Crippen LogP contribution in [-0.4, -0.2) is 41.2 Å². The fraction of sp³-hybridized carbons (Fsp3) is 0.458. The van der Waals surface area contributed by atoms with Gasteiger partial charge in [0.15, 0.2) is 5.82 Å². The molecule has 1 aliphatic heterocycles. The van der Waals surface area contributed by atoms with Gasteiger partial charge in [-0.15, -0.1) is 0 Å². The van der Waals surface area contributed by atoms with Crippen LogP contribution in [0.4, 0.5) is 13.2 Å². The molecular weight excluding hydrogens is 459 g/mol. The van der Waals surface area contributed by atoms with Crippen molar-refractivity contribution in [2.45, 2.75) is 57.0 Å². The van der Waals surface area contributed by atoms with E-state index in [4.69, 9.17) is 5.10 Å². The molecule has 0 unspecified atom stereocenters. The summed E-state index contributed by atoms with van der Waals surface area (Å²) in [6.07, 6.45) is 5.40. The molecule has 0 saturated heterocycles. The van der Waals surface area contributed by atoms with Gasteiger partial charge in [-0.25, -0.2) is 22.6 Å². The zero-order valence-corrected chi connectivity index (χ0v) is 19.5. The van der Waals surface area contributed by atoms with Gasteiger partial charge in [0.05, 0.1) is 34.5 Å². The normalized spacial score (nSPS) is 20.4. The van der Waals surface area contributed by atoms with Crippen LogP contribution in [-0.2, 0) is 13.5 Å². The molecule has 1 aliphatic carbocycles. The van der Waals surface area contributed by atoms with Crippen molar-refractivity contribution in [2.75, 3.05) is 6.54 Å². The van der Waals surface area contributed by atoms with Crippen LogP contribution in [0.3, 0.4) is 0 Å².